The lowest BCUT2D eigenvalue weighted by molar-refractivity contribution is 0.248. The molecule has 2 rings (SSSR count). The highest BCUT2D eigenvalue weighted by Crippen LogP contribution is 2.23. The predicted octanol–water partition coefficient (Wildman–Crippen LogP) is 2.22. The second-order valence-corrected chi connectivity index (χ2v) is 5.41. The summed E-state index contributed by atoms with van der Waals surface area (Å²) in [5, 5.41) is 16.3. The molecular formula is C16H26N2O. The van der Waals surface area contributed by atoms with Crippen molar-refractivity contribution in [3.63, 3.8) is 0 Å². The zero-order valence-corrected chi connectivity index (χ0v) is 11.9. The van der Waals surface area contributed by atoms with Crippen LogP contribution in [0.1, 0.15) is 43.4 Å². The van der Waals surface area contributed by atoms with E-state index in [1.54, 1.807) is 0 Å². The van der Waals surface area contributed by atoms with Gasteiger partial charge in [-0.2, -0.15) is 0 Å². The Morgan fingerprint density at radius 1 is 1.42 bits per heavy atom. The van der Waals surface area contributed by atoms with Crippen LogP contribution in [0.2, 0.25) is 0 Å². The summed E-state index contributed by atoms with van der Waals surface area (Å²) in [7, 11) is 0. The van der Waals surface area contributed by atoms with E-state index in [2.05, 4.69) is 41.8 Å². The van der Waals surface area contributed by atoms with Crippen molar-refractivity contribution in [1.29, 1.82) is 0 Å². The molecule has 0 radical (unpaired) electrons. The van der Waals surface area contributed by atoms with Crippen LogP contribution in [0.3, 0.4) is 0 Å². The summed E-state index contributed by atoms with van der Waals surface area (Å²) in [6.07, 6.45) is 3.16. The standard InChI is InChI=1S/C16H26N2O/c1-2-13(8-10-19)11-18-16-7-9-17-12-14-5-3-4-6-15(14)16/h3-6,13,16-19H,2,7-12H2,1H3. The van der Waals surface area contributed by atoms with Crippen LogP contribution in [-0.2, 0) is 6.54 Å². The van der Waals surface area contributed by atoms with Crippen molar-refractivity contribution in [1.82, 2.24) is 10.6 Å². The molecule has 19 heavy (non-hydrogen) atoms. The van der Waals surface area contributed by atoms with E-state index < -0.39 is 0 Å². The van der Waals surface area contributed by atoms with Crippen LogP contribution >= 0.6 is 0 Å². The highest BCUT2D eigenvalue weighted by molar-refractivity contribution is 5.30. The van der Waals surface area contributed by atoms with Gasteiger partial charge in [-0.1, -0.05) is 37.6 Å². The van der Waals surface area contributed by atoms with E-state index in [1.807, 2.05) is 0 Å². The fourth-order valence-corrected chi connectivity index (χ4v) is 2.81. The fraction of sp³-hybridized carbons (Fsp3) is 0.625. The van der Waals surface area contributed by atoms with E-state index in [9.17, 15) is 0 Å². The van der Waals surface area contributed by atoms with E-state index in [4.69, 9.17) is 5.11 Å². The van der Waals surface area contributed by atoms with Crippen LogP contribution in [0.25, 0.3) is 0 Å². The number of aliphatic hydroxyl groups excluding tert-OH is 1. The Morgan fingerprint density at radius 2 is 2.26 bits per heavy atom. The molecule has 1 aliphatic rings. The molecule has 0 saturated carbocycles. The average molecular weight is 262 g/mol. The van der Waals surface area contributed by atoms with Crippen LogP contribution in [0.4, 0.5) is 0 Å². The Kier molecular flexibility index (Phi) is 5.83. The molecule has 0 spiro atoms. The molecule has 3 heteroatoms. The quantitative estimate of drug-likeness (QED) is 0.736. The maximum atomic E-state index is 9.07. The molecule has 3 nitrogen and oxygen atoms in total. The molecule has 0 fully saturated rings. The van der Waals surface area contributed by atoms with Crippen molar-refractivity contribution < 1.29 is 5.11 Å². The minimum absolute atomic E-state index is 0.295. The number of hydrogen-bond acceptors (Lipinski definition) is 3. The molecule has 0 aliphatic carbocycles. The molecule has 0 amide bonds. The third kappa shape index (κ3) is 4.03. The normalized spacial score (nSPS) is 20.6. The molecule has 1 heterocycles. The van der Waals surface area contributed by atoms with Gasteiger partial charge in [0.2, 0.25) is 0 Å². The lowest BCUT2D eigenvalue weighted by Gasteiger charge is -2.22. The third-order valence-electron chi connectivity index (χ3n) is 4.12. The van der Waals surface area contributed by atoms with Crippen molar-refractivity contribution in [2.75, 3.05) is 19.7 Å². The first-order chi connectivity index (χ1) is 9.35. The van der Waals surface area contributed by atoms with E-state index >= 15 is 0 Å². The molecule has 3 N–H and O–H groups in total. The Bertz CT molecular complexity index is 381. The van der Waals surface area contributed by atoms with Crippen molar-refractivity contribution in [3.8, 4) is 0 Å². The summed E-state index contributed by atoms with van der Waals surface area (Å²) < 4.78 is 0. The lowest BCUT2D eigenvalue weighted by atomic mass is 9.97. The van der Waals surface area contributed by atoms with Crippen LogP contribution in [0.15, 0.2) is 24.3 Å². The van der Waals surface area contributed by atoms with E-state index in [1.165, 1.54) is 11.1 Å². The summed E-state index contributed by atoms with van der Waals surface area (Å²) in [4.78, 5) is 0. The summed E-state index contributed by atoms with van der Waals surface area (Å²) in [6, 6.07) is 9.15. The number of nitrogens with one attached hydrogen (secondary N) is 2. The van der Waals surface area contributed by atoms with Crippen LogP contribution in [0, 0.1) is 5.92 Å². The van der Waals surface area contributed by atoms with Gasteiger partial charge in [0.05, 0.1) is 0 Å². The summed E-state index contributed by atoms with van der Waals surface area (Å²) >= 11 is 0. The smallest absolute Gasteiger partial charge is 0.0434 e. The van der Waals surface area contributed by atoms with Gasteiger partial charge in [-0.15, -0.1) is 0 Å². The average Bonchev–Trinajstić information content (AvgIpc) is 2.66. The van der Waals surface area contributed by atoms with Gasteiger partial charge in [0, 0.05) is 19.2 Å². The Labute approximate surface area is 116 Å². The fourth-order valence-electron chi connectivity index (χ4n) is 2.81. The monoisotopic (exact) mass is 262 g/mol. The van der Waals surface area contributed by atoms with Crippen LogP contribution in [-0.4, -0.2) is 24.8 Å². The zero-order valence-electron chi connectivity index (χ0n) is 11.9. The van der Waals surface area contributed by atoms with Crippen molar-refractivity contribution in [2.45, 2.75) is 38.8 Å². The number of aliphatic hydroxyl groups is 1. The molecule has 1 aliphatic heterocycles. The zero-order chi connectivity index (χ0) is 13.5. The molecule has 106 valence electrons. The van der Waals surface area contributed by atoms with Gasteiger partial charge >= 0.3 is 0 Å². The number of rotatable bonds is 6. The van der Waals surface area contributed by atoms with Gasteiger partial charge in [0.25, 0.3) is 0 Å². The second-order valence-electron chi connectivity index (χ2n) is 5.41. The van der Waals surface area contributed by atoms with Crippen LogP contribution < -0.4 is 10.6 Å². The van der Waals surface area contributed by atoms with Gasteiger partial charge < -0.3 is 15.7 Å². The first-order valence-corrected chi connectivity index (χ1v) is 7.48. The minimum atomic E-state index is 0.295. The van der Waals surface area contributed by atoms with Gasteiger partial charge in [0.1, 0.15) is 0 Å². The number of benzene rings is 1. The van der Waals surface area contributed by atoms with E-state index in [0.29, 0.717) is 18.6 Å². The number of hydrogen-bond donors (Lipinski definition) is 3. The molecule has 2 unspecified atom stereocenters. The van der Waals surface area contributed by atoms with Gasteiger partial charge in [-0.25, -0.2) is 0 Å². The maximum absolute atomic E-state index is 9.07. The summed E-state index contributed by atoms with van der Waals surface area (Å²) in [5.41, 5.74) is 2.85. The Balaban J connectivity index is 1.99. The second kappa shape index (κ2) is 7.63. The van der Waals surface area contributed by atoms with Gasteiger partial charge in [-0.3, -0.25) is 0 Å². The molecule has 0 saturated heterocycles. The molecule has 0 aromatic heterocycles. The Hall–Kier alpha value is -0.900. The highest BCUT2D eigenvalue weighted by atomic mass is 16.3. The molecule has 0 bridgehead atoms. The first-order valence-electron chi connectivity index (χ1n) is 7.48. The third-order valence-corrected chi connectivity index (χ3v) is 4.12. The van der Waals surface area contributed by atoms with E-state index in [0.717, 1.165) is 38.9 Å². The van der Waals surface area contributed by atoms with Crippen molar-refractivity contribution in [2.24, 2.45) is 5.92 Å². The predicted molar refractivity (Wildman–Crippen MR) is 79.0 cm³/mol. The summed E-state index contributed by atoms with van der Waals surface area (Å²) in [5.74, 6) is 0.577. The Morgan fingerprint density at radius 3 is 3.05 bits per heavy atom. The largest absolute Gasteiger partial charge is 0.396 e. The lowest BCUT2D eigenvalue weighted by Crippen LogP contribution is -2.28. The number of fused-ring (bicyclic) bond motifs is 1. The molecule has 1 aromatic carbocycles. The van der Waals surface area contributed by atoms with Crippen LogP contribution in [0.5, 0.6) is 0 Å². The maximum Gasteiger partial charge on any atom is 0.0434 e. The van der Waals surface area contributed by atoms with E-state index in [-0.39, 0.29) is 0 Å². The van der Waals surface area contributed by atoms with Crippen molar-refractivity contribution >= 4 is 0 Å². The van der Waals surface area contributed by atoms with Gasteiger partial charge in [0.15, 0.2) is 0 Å². The molecule has 1 aromatic rings. The van der Waals surface area contributed by atoms with Crippen molar-refractivity contribution in [3.05, 3.63) is 35.4 Å². The SMILES string of the molecule is CCC(CCO)CNC1CCNCc2ccccc21. The first kappa shape index (κ1) is 14.5. The molecular weight excluding hydrogens is 236 g/mol. The topological polar surface area (TPSA) is 44.3 Å². The highest BCUT2D eigenvalue weighted by Gasteiger charge is 2.18. The summed E-state index contributed by atoms with van der Waals surface area (Å²) in [6.45, 7) is 5.52. The minimum Gasteiger partial charge on any atom is -0.396 e. The van der Waals surface area contributed by atoms with Gasteiger partial charge in [-0.05, 0) is 43.0 Å². The molecule has 2 atom stereocenters.